The van der Waals surface area contributed by atoms with Gasteiger partial charge < -0.3 is 19.7 Å². The Morgan fingerprint density at radius 3 is 2.92 bits per heavy atom. The van der Waals surface area contributed by atoms with E-state index in [-0.39, 0.29) is 24.0 Å². The van der Waals surface area contributed by atoms with E-state index in [1.807, 2.05) is 25.1 Å². The molecule has 1 unspecified atom stereocenters. The first-order chi connectivity index (χ1) is 12.1. The van der Waals surface area contributed by atoms with E-state index >= 15 is 0 Å². The number of hydrogen-bond acceptors (Lipinski definition) is 3. The Bertz CT molecular complexity index is 566. The average Bonchev–Trinajstić information content (AvgIpc) is 3.08. The van der Waals surface area contributed by atoms with Gasteiger partial charge in [-0.3, -0.25) is 4.99 Å². The first kappa shape index (κ1) is 23.3. The standard InChI is InChI=1S/C19H30ClN3O2.HI/c1-4-21-19(23(3)13-16-8-11-24-14-16)22-9-5-10-25-18-7-6-17(20)12-15(18)2;/h6-7,12,16H,4-5,8-11,13-14H2,1-3H3,(H,21,22);1H. The number of aliphatic imine (C=N–C) groups is 1. The predicted octanol–water partition coefficient (Wildman–Crippen LogP) is 3.97. The van der Waals surface area contributed by atoms with E-state index in [2.05, 4.69) is 24.2 Å². The average molecular weight is 496 g/mol. The van der Waals surface area contributed by atoms with Crippen LogP contribution >= 0.6 is 35.6 Å². The molecule has 1 N–H and O–H groups in total. The zero-order valence-corrected chi connectivity index (χ0v) is 19.0. The molecule has 7 heteroatoms. The highest BCUT2D eigenvalue weighted by atomic mass is 127. The fourth-order valence-corrected chi connectivity index (χ4v) is 3.10. The van der Waals surface area contributed by atoms with E-state index < -0.39 is 0 Å². The summed E-state index contributed by atoms with van der Waals surface area (Å²) in [5, 5.41) is 4.10. The van der Waals surface area contributed by atoms with Crippen molar-refractivity contribution in [3.63, 3.8) is 0 Å². The van der Waals surface area contributed by atoms with Crippen LogP contribution < -0.4 is 10.1 Å². The molecule has 0 aromatic heterocycles. The Labute approximate surface area is 179 Å². The maximum Gasteiger partial charge on any atom is 0.193 e. The van der Waals surface area contributed by atoms with Gasteiger partial charge in [-0.1, -0.05) is 11.6 Å². The summed E-state index contributed by atoms with van der Waals surface area (Å²) < 4.78 is 11.3. The molecule has 0 amide bonds. The van der Waals surface area contributed by atoms with E-state index in [1.165, 1.54) is 0 Å². The molecule has 0 radical (unpaired) electrons. The van der Waals surface area contributed by atoms with Crippen molar-refractivity contribution in [3.05, 3.63) is 28.8 Å². The minimum Gasteiger partial charge on any atom is -0.493 e. The summed E-state index contributed by atoms with van der Waals surface area (Å²) >= 11 is 5.96. The molecule has 1 aliphatic heterocycles. The monoisotopic (exact) mass is 495 g/mol. The lowest BCUT2D eigenvalue weighted by Crippen LogP contribution is -2.41. The van der Waals surface area contributed by atoms with Gasteiger partial charge in [0.25, 0.3) is 0 Å². The Kier molecular flexibility index (Phi) is 11.3. The van der Waals surface area contributed by atoms with Crippen LogP contribution in [0.5, 0.6) is 5.75 Å². The number of benzene rings is 1. The normalized spacial score (nSPS) is 16.9. The molecule has 1 aromatic carbocycles. The van der Waals surface area contributed by atoms with Crippen molar-refractivity contribution in [1.82, 2.24) is 10.2 Å². The van der Waals surface area contributed by atoms with Crippen LogP contribution in [0, 0.1) is 12.8 Å². The molecular formula is C19H31ClIN3O2. The molecule has 26 heavy (non-hydrogen) atoms. The summed E-state index contributed by atoms with van der Waals surface area (Å²) in [6.45, 7) is 9.06. The number of guanidine groups is 1. The number of nitrogens with one attached hydrogen (secondary N) is 1. The Hall–Kier alpha value is -0.730. The lowest BCUT2D eigenvalue weighted by atomic mass is 10.1. The third-order valence-electron chi connectivity index (χ3n) is 4.21. The van der Waals surface area contributed by atoms with Crippen molar-refractivity contribution in [3.8, 4) is 5.75 Å². The lowest BCUT2D eigenvalue weighted by molar-refractivity contribution is 0.181. The zero-order chi connectivity index (χ0) is 18.1. The highest BCUT2D eigenvalue weighted by molar-refractivity contribution is 14.0. The number of hydrogen-bond donors (Lipinski definition) is 1. The highest BCUT2D eigenvalue weighted by Gasteiger charge is 2.18. The molecule has 0 aliphatic carbocycles. The van der Waals surface area contributed by atoms with Crippen LogP contribution in [0.4, 0.5) is 0 Å². The van der Waals surface area contributed by atoms with Crippen LogP contribution in [0.2, 0.25) is 5.02 Å². The molecule has 0 bridgehead atoms. The van der Waals surface area contributed by atoms with Gasteiger partial charge in [-0.15, -0.1) is 24.0 Å². The molecule has 1 atom stereocenters. The van der Waals surface area contributed by atoms with Crippen molar-refractivity contribution in [1.29, 1.82) is 0 Å². The molecule has 1 aliphatic rings. The van der Waals surface area contributed by atoms with Crippen LogP contribution in [-0.2, 0) is 4.74 Å². The molecular weight excluding hydrogens is 465 g/mol. The fraction of sp³-hybridized carbons (Fsp3) is 0.632. The summed E-state index contributed by atoms with van der Waals surface area (Å²) in [6, 6.07) is 5.69. The Balaban J connectivity index is 0.00000338. The number of nitrogens with zero attached hydrogens (tertiary/aromatic N) is 2. The van der Waals surface area contributed by atoms with Gasteiger partial charge in [0, 0.05) is 50.7 Å². The van der Waals surface area contributed by atoms with Gasteiger partial charge in [0.1, 0.15) is 5.75 Å². The minimum atomic E-state index is 0. The first-order valence-corrected chi connectivity index (χ1v) is 9.44. The van der Waals surface area contributed by atoms with Gasteiger partial charge in [-0.2, -0.15) is 0 Å². The van der Waals surface area contributed by atoms with Gasteiger partial charge in [0.15, 0.2) is 5.96 Å². The number of ether oxygens (including phenoxy) is 2. The van der Waals surface area contributed by atoms with Gasteiger partial charge in [0.2, 0.25) is 0 Å². The van der Waals surface area contributed by atoms with Crippen LogP contribution in [-0.4, -0.2) is 57.4 Å². The highest BCUT2D eigenvalue weighted by Crippen LogP contribution is 2.21. The number of aryl methyl sites for hydroxylation is 1. The number of halogens is 2. The second-order valence-electron chi connectivity index (χ2n) is 6.46. The van der Waals surface area contributed by atoms with Gasteiger partial charge in [-0.25, -0.2) is 0 Å². The summed E-state index contributed by atoms with van der Waals surface area (Å²) in [6.07, 6.45) is 2.01. The summed E-state index contributed by atoms with van der Waals surface area (Å²) in [5.74, 6) is 2.45. The number of rotatable bonds is 8. The van der Waals surface area contributed by atoms with E-state index in [1.54, 1.807) is 0 Å². The maximum atomic E-state index is 5.96. The Morgan fingerprint density at radius 2 is 2.27 bits per heavy atom. The lowest BCUT2D eigenvalue weighted by Gasteiger charge is -2.24. The van der Waals surface area contributed by atoms with Gasteiger partial charge in [-0.05, 0) is 44.0 Å². The fourth-order valence-electron chi connectivity index (χ4n) is 2.88. The Morgan fingerprint density at radius 1 is 1.46 bits per heavy atom. The summed E-state index contributed by atoms with van der Waals surface area (Å²) in [5.41, 5.74) is 1.06. The van der Waals surface area contributed by atoms with E-state index in [9.17, 15) is 0 Å². The van der Waals surface area contributed by atoms with Crippen molar-refractivity contribution in [2.75, 3.05) is 46.5 Å². The molecule has 1 aromatic rings. The minimum absolute atomic E-state index is 0. The van der Waals surface area contributed by atoms with Crippen molar-refractivity contribution in [2.24, 2.45) is 10.9 Å². The first-order valence-electron chi connectivity index (χ1n) is 9.06. The molecule has 0 saturated carbocycles. The second kappa shape index (κ2) is 12.6. The van der Waals surface area contributed by atoms with Crippen molar-refractivity contribution >= 4 is 41.5 Å². The molecule has 2 rings (SSSR count). The quantitative estimate of drug-likeness (QED) is 0.257. The predicted molar refractivity (Wildman–Crippen MR) is 119 cm³/mol. The second-order valence-corrected chi connectivity index (χ2v) is 6.89. The molecule has 148 valence electrons. The third kappa shape index (κ3) is 7.88. The zero-order valence-electron chi connectivity index (χ0n) is 16.0. The molecule has 1 fully saturated rings. The molecule has 1 saturated heterocycles. The molecule has 5 nitrogen and oxygen atoms in total. The SMILES string of the molecule is CCNC(=NCCCOc1ccc(Cl)cc1C)N(C)CC1CCOC1.I. The van der Waals surface area contributed by atoms with E-state index in [0.717, 1.165) is 68.0 Å². The van der Waals surface area contributed by atoms with Gasteiger partial charge >= 0.3 is 0 Å². The topological polar surface area (TPSA) is 46.1 Å². The maximum absolute atomic E-state index is 5.96. The smallest absolute Gasteiger partial charge is 0.193 e. The van der Waals surface area contributed by atoms with E-state index in [4.69, 9.17) is 26.1 Å². The van der Waals surface area contributed by atoms with Crippen LogP contribution in [0.15, 0.2) is 23.2 Å². The largest absolute Gasteiger partial charge is 0.493 e. The molecule has 1 heterocycles. The summed E-state index contributed by atoms with van der Waals surface area (Å²) in [7, 11) is 2.09. The van der Waals surface area contributed by atoms with Crippen LogP contribution in [0.25, 0.3) is 0 Å². The van der Waals surface area contributed by atoms with Crippen LogP contribution in [0.3, 0.4) is 0 Å². The van der Waals surface area contributed by atoms with E-state index in [0.29, 0.717) is 12.5 Å². The third-order valence-corrected chi connectivity index (χ3v) is 4.45. The summed E-state index contributed by atoms with van der Waals surface area (Å²) in [4.78, 5) is 6.91. The molecule has 0 spiro atoms. The van der Waals surface area contributed by atoms with Crippen molar-refractivity contribution in [2.45, 2.75) is 26.7 Å². The van der Waals surface area contributed by atoms with Gasteiger partial charge in [0.05, 0.1) is 13.2 Å². The van der Waals surface area contributed by atoms with Crippen molar-refractivity contribution < 1.29 is 9.47 Å². The van der Waals surface area contributed by atoms with Crippen LogP contribution in [0.1, 0.15) is 25.3 Å².